The van der Waals surface area contributed by atoms with Gasteiger partial charge in [-0.3, -0.25) is 4.79 Å². The molecule has 0 aliphatic carbocycles. The number of aryl methyl sites for hydroxylation is 1. The Morgan fingerprint density at radius 3 is 2.40 bits per heavy atom. The smallest absolute Gasteiger partial charge is 0.220 e. The number of nitrogens with zero attached hydrogens (tertiary/aromatic N) is 1. The number of nitrogens with one attached hydrogen (secondary N) is 1. The van der Waals surface area contributed by atoms with E-state index >= 15 is 0 Å². The molecule has 3 nitrogen and oxygen atoms in total. The topological polar surface area (TPSA) is 32.3 Å². The van der Waals surface area contributed by atoms with E-state index in [0.717, 1.165) is 19.3 Å². The maximum absolute atomic E-state index is 11.8. The van der Waals surface area contributed by atoms with Gasteiger partial charge >= 0.3 is 0 Å². The van der Waals surface area contributed by atoms with Crippen molar-refractivity contribution in [2.24, 2.45) is 0 Å². The molecule has 0 saturated carbocycles. The van der Waals surface area contributed by atoms with Crippen molar-refractivity contribution in [2.75, 3.05) is 20.6 Å². The van der Waals surface area contributed by atoms with Crippen molar-refractivity contribution in [3.63, 3.8) is 0 Å². The summed E-state index contributed by atoms with van der Waals surface area (Å²) in [6.45, 7) is 4.95. The van der Waals surface area contributed by atoms with E-state index in [2.05, 4.69) is 48.3 Å². The summed E-state index contributed by atoms with van der Waals surface area (Å²) < 4.78 is 0. The molecule has 0 spiro atoms. The predicted octanol–water partition coefficient (Wildman–Crippen LogP) is 2.86. The molecule has 1 rings (SSSR count). The van der Waals surface area contributed by atoms with E-state index in [1.807, 2.05) is 20.2 Å². The molecule has 0 atom stereocenters. The zero-order valence-electron chi connectivity index (χ0n) is 13.3. The van der Waals surface area contributed by atoms with Crippen LogP contribution in [0.2, 0.25) is 0 Å². The number of benzene rings is 1. The molecule has 0 unspecified atom stereocenters. The number of amides is 1. The van der Waals surface area contributed by atoms with Crippen LogP contribution in [0.15, 0.2) is 30.3 Å². The van der Waals surface area contributed by atoms with E-state index in [1.165, 1.54) is 5.56 Å². The lowest BCUT2D eigenvalue weighted by Gasteiger charge is -2.32. The van der Waals surface area contributed by atoms with E-state index in [4.69, 9.17) is 0 Å². The van der Waals surface area contributed by atoms with Gasteiger partial charge in [0, 0.05) is 18.5 Å². The molecular weight excluding hydrogens is 248 g/mol. The van der Waals surface area contributed by atoms with Crippen LogP contribution < -0.4 is 5.32 Å². The largest absolute Gasteiger partial charge is 0.354 e. The average Bonchev–Trinajstić information content (AvgIpc) is 2.42. The van der Waals surface area contributed by atoms with Crippen molar-refractivity contribution < 1.29 is 4.79 Å². The van der Waals surface area contributed by atoms with Gasteiger partial charge in [-0.25, -0.2) is 0 Å². The number of unbranched alkanes of at least 4 members (excludes halogenated alkanes) is 1. The minimum absolute atomic E-state index is 0.000299. The summed E-state index contributed by atoms with van der Waals surface area (Å²) in [6, 6.07) is 10.4. The summed E-state index contributed by atoms with van der Waals surface area (Å²) in [7, 11) is 4.07. The molecular formula is C17H28N2O. The third-order valence-corrected chi connectivity index (χ3v) is 3.89. The highest BCUT2D eigenvalue weighted by Crippen LogP contribution is 2.09. The maximum Gasteiger partial charge on any atom is 0.220 e. The van der Waals surface area contributed by atoms with Crippen LogP contribution in [0, 0.1) is 0 Å². The number of carbonyl (C=O) groups is 1. The number of hydrogen-bond acceptors (Lipinski definition) is 2. The molecule has 0 radical (unpaired) electrons. The Morgan fingerprint density at radius 2 is 1.80 bits per heavy atom. The van der Waals surface area contributed by atoms with Crippen LogP contribution in [-0.2, 0) is 11.2 Å². The van der Waals surface area contributed by atoms with Crippen molar-refractivity contribution in [3.05, 3.63) is 35.9 Å². The van der Waals surface area contributed by atoms with Gasteiger partial charge in [-0.05, 0) is 52.8 Å². The van der Waals surface area contributed by atoms with Gasteiger partial charge in [0.2, 0.25) is 5.91 Å². The van der Waals surface area contributed by atoms with E-state index in [9.17, 15) is 4.79 Å². The maximum atomic E-state index is 11.8. The molecule has 0 aliphatic rings. The zero-order chi connectivity index (χ0) is 15.0. The van der Waals surface area contributed by atoms with Crippen LogP contribution in [-0.4, -0.2) is 37.0 Å². The van der Waals surface area contributed by atoms with Gasteiger partial charge < -0.3 is 10.2 Å². The SMILES string of the molecule is CN(C)C(C)(C)CNC(=O)CCCCc1ccccc1. The summed E-state index contributed by atoms with van der Waals surface area (Å²) in [5, 5.41) is 3.02. The second-order valence-electron chi connectivity index (χ2n) is 6.18. The first kappa shape index (κ1) is 16.7. The van der Waals surface area contributed by atoms with Crippen molar-refractivity contribution in [1.29, 1.82) is 0 Å². The van der Waals surface area contributed by atoms with Crippen LogP contribution in [0.3, 0.4) is 0 Å². The van der Waals surface area contributed by atoms with Crippen molar-refractivity contribution in [3.8, 4) is 0 Å². The number of likely N-dealkylation sites (N-methyl/N-ethyl adjacent to an activating group) is 1. The molecule has 1 amide bonds. The number of hydrogen-bond donors (Lipinski definition) is 1. The third-order valence-electron chi connectivity index (χ3n) is 3.89. The fraction of sp³-hybridized carbons (Fsp3) is 0.588. The van der Waals surface area contributed by atoms with Crippen LogP contribution in [0.1, 0.15) is 38.7 Å². The number of carbonyl (C=O) groups excluding carboxylic acids is 1. The Kier molecular flexibility index (Phi) is 6.73. The standard InChI is InChI=1S/C17H28N2O/c1-17(2,19(3)4)14-18-16(20)13-9-8-12-15-10-6-5-7-11-15/h5-7,10-11H,8-9,12-14H2,1-4H3,(H,18,20). The van der Waals surface area contributed by atoms with Crippen molar-refractivity contribution in [1.82, 2.24) is 10.2 Å². The highest BCUT2D eigenvalue weighted by molar-refractivity contribution is 5.75. The van der Waals surface area contributed by atoms with E-state index < -0.39 is 0 Å². The molecule has 1 aromatic rings. The van der Waals surface area contributed by atoms with E-state index in [-0.39, 0.29) is 11.4 Å². The molecule has 0 aliphatic heterocycles. The average molecular weight is 276 g/mol. The van der Waals surface area contributed by atoms with Crippen LogP contribution in [0.5, 0.6) is 0 Å². The Hall–Kier alpha value is -1.35. The van der Waals surface area contributed by atoms with Gasteiger partial charge in [0.25, 0.3) is 0 Å². The lowest BCUT2D eigenvalue weighted by atomic mass is 10.0. The monoisotopic (exact) mass is 276 g/mol. The molecule has 3 heteroatoms. The highest BCUT2D eigenvalue weighted by atomic mass is 16.1. The fourth-order valence-electron chi connectivity index (χ4n) is 1.82. The quantitative estimate of drug-likeness (QED) is 0.741. The van der Waals surface area contributed by atoms with E-state index in [0.29, 0.717) is 13.0 Å². The Labute approximate surface area is 123 Å². The zero-order valence-corrected chi connectivity index (χ0v) is 13.3. The van der Waals surface area contributed by atoms with Gasteiger partial charge in [-0.2, -0.15) is 0 Å². The van der Waals surface area contributed by atoms with Gasteiger partial charge in [-0.15, -0.1) is 0 Å². The summed E-state index contributed by atoms with van der Waals surface area (Å²) in [5.74, 6) is 0.160. The lowest BCUT2D eigenvalue weighted by molar-refractivity contribution is -0.121. The first-order valence-corrected chi connectivity index (χ1v) is 7.40. The molecule has 0 aromatic heterocycles. The van der Waals surface area contributed by atoms with Crippen LogP contribution in [0.4, 0.5) is 0 Å². The second kappa shape index (κ2) is 8.05. The minimum Gasteiger partial charge on any atom is -0.354 e. The molecule has 112 valence electrons. The summed E-state index contributed by atoms with van der Waals surface area (Å²) in [4.78, 5) is 13.9. The van der Waals surface area contributed by atoms with Crippen molar-refractivity contribution >= 4 is 5.91 Å². The molecule has 0 fully saturated rings. The van der Waals surface area contributed by atoms with Crippen LogP contribution >= 0.6 is 0 Å². The van der Waals surface area contributed by atoms with Crippen molar-refractivity contribution in [2.45, 2.75) is 45.1 Å². The Morgan fingerprint density at radius 1 is 1.15 bits per heavy atom. The molecule has 0 saturated heterocycles. The first-order chi connectivity index (χ1) is 9.42. The molecule has 1 N–H and O–H groups in total. The molecule has 0 heterocycles. The van der Waals surface area contributed by atoms with Gasteiger partial charge in [0.15, 0.2) is 0 Å². The molecule has 0 bridgehead atoms. The Bertz CT molecular complexity index is 399. The third kappa shape index (κ3) is 6.20. The summed E-state index contributed by atoms with van der Waals surface area (Å²) >= 11 is 0. The highest BCUT2D eigenvalue weighted by Gasteiger charge is 2.20. The first-order valence-electron chi connectivity index (χ1n) is 7.40. The van der Waals surface area contributed by atoms with Gasteiger partial charge in [0.05, 0.1) is 0 Å². The van der Waals surface area contributed by atoms with Gasteiger partial charge in [0.1, 0.15) is 0 Å². The molecule has 1 aromatic carbocycles. The Balaban J connectivity index is 2.15. The number of rotatable bonds is 8. The minimum atomic E-state index is -0.000299. The second-order valence-corrected chi connectivity index (χ2v) is 6.18. The van der Waals surface area contributed by atoms with Crippen LogP contribution in [0.25, 0.3) is 0 Å². The summed E-state index contributed by atoms with van der Waals surface area (Å²) in [6.07, 6.45) is 3.69. The summed E-state index contributed by atoms with van der Waals surface area (Å²) in [5.41, 5.74) is 1.35. The fourth-order valence-corrected chi connectivity index (χ4v) is 1.82. The van der Waals surface area contributed by atoms with E-state index in [1.54, 1.807) is 0 Å². The lowest BCUT2D eigenvalue weighted by Crippen LogP contribution is -2.48. The predicted molar refractivity (Wildman–Crippen MR) is 84.8 cm³/mol. The molecule has 20 heavy (non-hydrogen) atoms. The van der Waals surface area contributed by atoms with Gasteiger partial charge in [-0.1, -0.05) is 30.3 Å². The normalized spacial score (nSPS) is 11.7.